The normalized spacial score (nSPS) is 12.1. The van der Waals surface area contributed by atoms with Gasteiger partial charge in [-0.15, -0.1) is 0 Å². The van der Waals surface area contributed by atoms with Crippen LogP contribution in [0.15, 0.2) is 28.9 Å². The molecule has 2 aromatic heterocycles. The van der Waals surface area contributed by atoms with Crippen LogP contribution in [0.5, 0.6) is 10.9 Å². The molecule has 8 nitrogen and oxygen atoms in total. The van der Waals surface area contributed by atoms with E-state index >= 15 is 0 Å². The molecular formula is C18H20ClN5O3S. The predicted molar refractivity (Wildman–Crippen MR) is 108 cm³/mol. The summed E-state index contributed by atoms with van der Waals surface area (Å²) in [6.45, 7) is 7.27. The Labute approximate surface area is 171 Å². The van der Waals surface area contributed by atoms with Gasteiger partial charge in [0.1, 0.15) is 11.8 Å². The number of carbonyl (C=O) groups is 1. The summed E-state index contributed by atoms with van der Waals surface area (Å²) in [4.78, 5) is 20.4. The number of nitrogens with zero attached hydrogens (tertiary/aromatic N) is 3. The minimum Gasteiger partial charge on any atom is -0.431 e. The second-order valence-corrected chi connectivity index (χ2v) is 7.81. The number of hydrogen-bond acceptors (Lipinski definition) is 8. The Morgan fingerprint density at radius 3 is 2.79 bits per heavy atom. The highest BCUT2D eigenvalue weighted by Gasteiger charge is 2.18. The van der Waals surface area contributed by atoms with Gasteiger partial charge in [0.2, 0.25) is 17.6 Å². The first-order chi connectivity index (χ1) is 13.3. The summed E-state index contributed by atoms with van der Waals surface area (Å²) in [5, 5.41) is 10.9. The van der Waals surface area contributed by atoms with E-state index in [1.54, 1.807) is 19.2 Å². The number of anilines is 1. The molecule has 1 amide bonds. The summed E-state index contributed by atoms with van der Waals surface area (Å²) < 4.78 is 11.0. The smallest absolute Gasteiger partial charge is 0.279 e. The van der Waals surface area contributed by atoms with Crippen LogP contribution in [0.25, 0.3) is 10.7 Å². The summed E-state index contributed by atoms with van der Waals surface area (Å²) in [5.41, 5.74) is 0.844. The molecule has 148 valence electrons. The summed E-state index contributed by atoms with van der Waals surface area (Å²) in [7, 11) is 0. The van der Waals surface area contributed by atoms with Crippen molar-refractivity contribution < 1.29 is 14.1 Å². The monoisotopic (exact) mass is 421 g/mol. The zero-order chi connectivity index (χ0) is 20.3. The molecule has 0 spiro atoms. The standard InChI is InChI=1S/C18H20ClN5O3S/c1-9(2)21-14-6-5-12(7-13(14)19)26-18-20-8-15(28-18)16-23-17(27-24-16)10(3)22-11(4)25/h5-10,21H,1-4H3,(H,22,25). The van der Waals surface area contributed by atoms with Gasteiger partial charge in [0.05, 0.1) is 21.8 Å². The average molecular weight is 422 g/mol. The van der Waals surface area contributed by atoms with Gasteiger partial charge in [-0.1, -0.05) is 28.1 Å². The van der Waals surface area contributed by atoms with E-state index in [-0.39, 0.29) is 18.0 Å². The summed E-state index contributed by atoms with van der Waals surface area (Å²) in [5.74, 6) is 1.11. The van der Waals surface area contributed by atoms with Gasteiger partial charge in [0.15, 0.2) is 0 Å². The SMILES string of the molecule is CC(=O)NC(C)c1nc(-c2cnc(Oc3ccc(NC(C)C)c(Cl)c3)s2)no1. The number of halogens is 1. The van der Waals surface area contributed by atoms with Gasteiger partial charge in [-0.3, -0.25) is 4.79 Å². The number of hydrogen-bond donors (Lipinski definition) is 2. The Bertz CT molecular complexity index is 972. The van der Waals surface area contributed by atoms with Crippen molar-refractivity contribution in [1.82, 2.24) is 20.4 Å². The van der Waals surface area contributed by atoms with Crippen molar-refractivity contribution in [3.63, 3.8) is 0 Å². The van der Waals surface area contributed by atoms with E-state index in [0.717, 1.165) is 5.69 Å². The molecule has 0 aliphatic heterocycles. The van der Waals surface area contributed by atoms with Crippen LogP contribution < -0.4 is 15.4 Å². The van der Waals surface area contributed by atoms with Crippen LogP contribution in [0, 0.1) is 0 Å². The van der Waals surface area contributed by atoms with Gasteiger partial charge in [0, 0.05) is 19.0 Å². The number of carbonyl (C=O) groups excluding carboxylic acids is 1. The lowest BCUT2D eigenvalue weighted by Gasteiger charge is -2.12. The van der Waals surface area contributed by atoms with Crippen molar-refractivity contribution in [2.75, 3.05) is 5.32 Å². The number of benzene rings is 1. The van der Waals surface area contributed by atoms with Crippen molar-refractivity contribution in [2.45, 2.75) is 39.8 Å². The Balaban J connectivity index is 1.70. The predicted octanol–water partition coefficient (Wildman–Crippen LogP) is 4.66. The molecule has 1 unspecified atom stereocenters. The highest BCUT2D eigenvalue weighted by molar-refractivity contribution is 7.16. The fourth-order valence-electron chi connectivity index (χ4n) is 2.37. The molecule has 0 fully saturated rings. The minimum atomic E-state index is -0.373. The third kappa shape index (κ3) is 4.99. The third-order valence-electron chi connectivity index (χ3n) is 3.53. The van der Waals surface area contributed by atoms with Crippen LogP contribution >= 0.6 is 22.9 Å². The zero-order valence-electron chi connectivity index (χ0n) is 15.8. The van der Waals surface area contributed by atoms with Crippen molar-refractivity contribution in [3.8, 4) is 21.6 Å². The lowest BCUT2D eigenvalue weighted by Crippen LogP contribution is -2.23. The third-order valence-corrected chi connectivity index (χ3v) is 4.71. The molecule has 0 bridgehead atoms. The first-order valence-electron chi connectivity index (χ1n) is 8.62. The Kier molecular flexibility index (Phi) is 6.15. The van der Waals surface area contributed by atoms with E-state index in [1.807, 2.05) is 26.0 Å². The average Bonchev–Trinajstić information content (AvgIpc) is 3.25. The molecule has 10 heteroatoms. The summed E-state index contributed by atoms with van der Waals surface area (Å²) in [6, 6.07) is 5.32. The molecule has 0 radical (unpaired) electrons. The van der Waals surface area contributed by atoms with E-state index in [1.165, 1.54) is 18.3 Å². The molecule has 1 atom stereocenters. The van der Waals surface area contributed by atoms with Gasteiger partial charge in [-0.2, -0.15) is 4.98 Å². The van der Waals surface area contributed by atoms with Crippen molar-refractivity contribution in [2.24, 2.45) is 0 Å². The van der Waals surface area contributed by atoms with Gasteiger partial charge >= 0.3 is 0 Å². The summed E-state index contributed by atoms with van der Waals surface area (Å²) in [6.07, 6.45) is 1.61. The number of nitrogens with one attached hydrogen (secondary N) is 2. The Hall–Kier alpha value is -2.65. The van der Waals surface area contributed by atoms with Crippen molar-refractivity contribution >= 4 is 34.5 Å². The molecule has 1 aromatic carbocycles. The molecular weight excluding hydrogens is 402 g/mol. The zero-order valence-corrected chi connectivity index (χ0v) is 17.4. The van der Waals surface area contributed by atoms with Gasteiger partial charge in [0.25, 0.3) is 5.19 Å². The fourth-order valence-corrected chi connectivity index (χ4v) is 3.31. The first-order valence-corrected chi connectivity index (χ1v) is 9.82. The maximum absolute atomic E-state index is 11.1. The largest absolute Gasteiger partial charge is 0.431 e. The maximum atomic E-state index is 11.1. The Morgan fingerprint density at radius 1 is 1.32 bits per heavy atom. The second-order valence-electron chi connectivity index (χ2n) is 6.41. The highest BCUT2D eigenvalue weighted by Crippen LogP contribution is 2.34. The van der Waals surface area contributed by atoms with Crippen LogP contribution in [0.3, 0.4) is 0 Å². The van der Waals surface area contributed by atoms with Crippen LogP contribution in [-0.2, 0) is 4.79 Å². The summed E-state index contributed by atoms with van der Waals surface area (Å²) >= 11 is 7.56. The molecule has 2 N–H and O–H groups in total. The molecule has 28 heavy (non-hydrogen) atoms. The number of aromatic nitrogens is 3. The van der Waals surface area contributed by atoms with E-state index in [9.17, 15) is 4.79 Å². The van der Waals surface area contributed by atoms with Crippen LogP contribution in [0.1, 0.15) is 39.6 Å². The molecule has 0 saturated heterocycles. The molecule has 0 saturated carbocycles. The molecule has 0 aliphatic rings. The first kappa shape index (κ1) is 20.1. The van der Waals surface area contributed by atoms with E-state index < -0.39 is 0 Å². The highest BCUT2D eigenvalue weighted by atomic mass is 35.5. The second kappa shape index (κ2) is 8.57. The van der Waals surface area contributed by atoms with Crippen molar-refractivity contribution in [1.29, 1.82) is 0 Å². The quantitative estimate of drug-likeness (QED) is 0.572. The molecule has 0 aliphatic carbocycles. The fraction of sp³-hybridized carbons (Fsp3) is 0.333. The van der Waals surface area contributed by atoms with E-state index in [2.05, 4.69) is 25.8 Å². The van der Waals surface area contributed by atoms with Gasteiger partial charge in [-0.25, -0.2) is 4.98 Å². The minimum absolute atomic E-state index is 0.172. The van der Waals surface area contributed by atoms with Crippen LogP contribution in [-0.4, -0.2) is 27.1 Å². The van der Waals surface area contributed by atoms with E-state index in [0.29, 0.717) is 32.6 Å². The Morgan fingerprint density at radius 2 is 2.11 bits per heavy atom. The number of rotatable bonds is 7. The molecule has 2 heterocycles. The van der Waals surface area contributed by atoms with Gasteiger partial charge in [-0.05, 0) is 32.9 Å². The lowest BCUT2D eigenvalue weighted by molar-refractivity contribution is -0.119. The topological polar surface area (TPSA) is 102 Å². The number of amides is 1. The molecule has 3 rings (SSSR count). The number of ether oxygens (including phenoxy) is 1. The molecule has 3 aromatic rings. The van der Waals surface area contributed by atoms with Gasteiger partial charge < -0.3 is 19.9 Å². The maximum Gasteiger partial charge on any atom is 0.279 e. The van der Waals surface area contributed by atoms with Crippen molar-refractivity contribution in [3.05, 3.63) is 35.3 Å². The van der Waals surface area contributed by atoms with Crippen LogP contribution in [0.2, 0.25) is 5.02 Å². The number of thiazole rings is 1. The van der Waals surface area contributed by atoms with E-state index in [4.69, 9.17) is 20.9 Å². The lowest BCUT2D eigenvalue weighted by atomic mass is 10.2. The van der Waals surface area contributed by atoms with Crippen LogP contribution in [0.4, 0.5) is 5.69 Å².